The number of carbonyl (C=O) groups is 2. The highest BCUT2D eigenvalue weighted by molar-refractivity contribution is 5.92. The number of para-hydroxylation sites is 1. The lowest BCUT2D eigenvalue weighted by atomic mass is 10.00. The van der Waals surface area contributed by atoms with Gasteiger partial charge in [-0.2, -0.15) is 18.3 Å². The van der Waals surface area contributed by atoms with E-state index >= 15 is 0 Å². The van der Waals surface area contributed by atoms with Crippen LogP contribution in [-0.2, 0) is 22.1 Å². The van der Waals surface area contributed by atoms with Crippen LogP contribution >= 0.6 is 0 Å². The zero-order valence-electron chi connectivity index (χ0n) is 19.5. The fourth-order valence-electron chi connectivity index (χ4n) is 3.53. The molecule has 0 radical (unpaired) electrons. The molecule has 7 nitrogen and oxygen atoms in total. The molecule has 0 bridgehead atoms. The first-order chi connectivity index (χ1) is 16.5. The third-order valence-electron chi connectivity index (χ3n) is 5.18. The highest BCUT2D eigenvalue weighted by Crippen LogP contribution is 2.34. The predicted molar refractivity (Wildman–Crippen MR) is 122 cm³/mol. The van der Waals surface area contributed by atoms with Gasteiger partial charge in [-0.3, -0.25) is 4.79 Å². The van der Waals surface area contributed by atoms with Gasteiger partial charge in [-0.25, -0.2) is 9.48 Å². The van der Waals surface area contributed by atoms with Crippen LogP contribution in [0.15, 0.2) is 54.7 Å². The highest BCUT2D eigenvalue weighted by Gasteiger charge is 2.34. The van der Waals surface area contributed by atoms with E-state index in [1.807, 2.05) is 24.3 Å². The number of amides is 1. The van der Waals surface area contributed by atoms with Crippen molar-refractivity contribution in [3.63, 3.8) is 0 Å². The van der Waals surface area contributed by atoms with Crippen molar-refractivity contribution in [2.45, 2.75) is 39.4 Å². The summed E-state index contributed by atoms with van der Waals surface area (Å²) in [6.45, 7) is 5.39. The molecule has 0 fully saturated rings. The van der Waals surface area contributed by atoms with Gasteiger partial charge in [-0.1, -0.05) is 50.2 Å². The van der Waals surface area contributed by atoms with E-state index in [1.54, 1.807) is 6.92 Å². The Balaban J connectivity index is 1.61. The molecule has 2 aromatic carbocycles. The number of carbonyl (C=O) groups excluding carboxylic acids is 2. The van der Waals surface area contributed by atoms with Gasteiger partial charge < -0.3 is 15.2 Å². The fourth-order valence-corrected chi connectivity index (χ4v) is 3.53. The molecule has 3 rings (SSSR count). The number of aromatic nitrogens is 2. The minimum Gasteiger partial charge on any atom is -0.504 e. The SMILES string of the molecule is CC(C)Cc1ccc(C(C)NC(=O)COC(=O)c2nn(-c3ccccc3C(F)(F)F)cc2O)cc1. The van der Waals surface area contributed by atoms with Crippen LogP contribution in [0.25, 0.3) is 5.69 Å². The molecule has 35 heavy (non-hydrogen) atoms. The molecule has 1 amide bonds. The summed E-state index contributed by atoms with van der Waals surface area (Å²) in [5, 5.41) is 16.5. The largest absolute Gasteiger partial charge is 0.504 e. The van der Waals surface area contributed by atoms with Crippen LogP contribution < -0.4 is 5.32 Å². The third kappa shape index (κ3) is 6.62. The second kappa shape index (κ2) is 10.6. The molecule has 0 aliphatic heterocycles. The van der Waals surface area contributed by atoms with Crippen LogP contribution in [0.5, 0.6) is 5.75 Å². The van der Waals surface area contributed by atoms with Gasteiger partial charge in [0.25, 0.3) is 5.91 Å². The molecule has 2 N–H and O–H groups in total. The first kappa shape index (κ1) is 25.8. The second-order valence-corrected chi connectivity index (χ2v) is 8.53. The molecular weight excluding hydrogens is 463 g/mol. The Labute approximate surface area is 200 Å². The van der Waals surface area contributed by atoms with Crippen LogP contribution in [0.4, 0.5) is 13.2 Å². The third-order valence-corrected chi connectivity index (χ3v) is 5.18. The number of nitrogens with one attached hydrogen (secondary N) is 1. The Morgan fingerprint density at radius 2 is 1.74 bits per heavy atom. The number of hydrogen-bond acceptors (Lipinski definition) is 5. The standard InChI is InChI=1S/C25H26F3N3O4/c1-15(2)12-17-8-10-18(11-9-17)16(3)29-22(33)14-35-24(34)23-21(32)13-31(30-23)20-7-5-4-6-19(20)25(26,27)28/h4-11,13,15-16,32H,12,14H2,1-3H3,(H,29,33). The number of halogens is 3. The first-order valence-corrected chi connectivity index (χ1v) is 11.0. The van der Waals surface area contributed by atoms with Crippen LogP contribution in [0.1, 0.15) is 54.0 Å². The molecule has 1 aromatic heterocycles. The minimum absolute atomic E-state index is 0.346. The van der Waals surface area contributed by atoms with Crippen molar-refractivity contribution < 1.29 is 32.6 Å². The number of hydrogen-bond donors (Lipinski definition) is 2. The summed E-state index contributed by atoms with van der Waals surface area (Å²) >= 11 is 0. The van der Waals surface area contributed by atoms with Gasteiger partial charge in [-0.05, 0) is 42.5 Å². The molecule has 1 unspecified atom stereocenters. The van der Waals surface area contributed by atoms with E-state index in [-0.39, 0.29) is 11.7 Å². The Morgan fingerprint density at radius 3 is 2.37 bits per heavy atom. The Bertz CT molecular complexity index is 1190. The number of benzene rings is 2. The van der Waals surface area contributed by atoms with Crippen molar-refractivity contribution in [3.05, 3.63) is 77.1 Å². The Hall–Kier alpha value is -3.82. The van der Waals surface area contributed by atoms with Crippen LogP contribution in [0.3, 0.4) is 0 Å². The molecule has 0 spiro atoms. The maximum Gasteiger partial charge on any atom is 0.418 e. The molecule has 1 atom stereocenters. The van der Waals surface area contributed by atoms with E-state index < -0.39 is 41.7 Å². The Morgan fingerprint density at radius 1 is 1.09 bits per heavy atom. The van der Waals surface area contributed by atoms with Crippen LogP contribution in [-0.4, -0.2) is 33.4 Å². The summed E-state index contributed by atoms with van der Waals surface area (Å²) in [4.78, 5) is 24.6. The maximum absolute atomic E-state index is 13.3. The molecule has 3 aromatic rings. The lowest BCUT2D eigenvalue weighted by molar-refractivity contribution is -0.137. The van der Waals surface area contributed by atoms with Crippen LogP contribution in [0, 0.1) is 5.92 Å². The molecule has 0 saturated carbocycles. The van der Waals surface area contributed by atoms with Crippen LogP contribution in [0.2, 0.25) is 0 Å². The Kier molecular flexibility index (Phi) is 7.83. The minimum atomic E-state index is -4.66. The van der Waals surface area contributed by atoms with Gasteiger partial charge in [0.05, 0.1) is 23.5 Å². The lowest BCUT2D eigenvalue weighted by Crippen LogP contribution is -2.31. The average molecular weight is 489 g/mol. The van der Waals surface area contributed by atoms with Crippen molar-refractivity contribution >= 4 is 11.9 Å². The highest BCUT2D eigenvalue weighted by atomic mass is 19.4. The van der Waals surface area contributed by atoms with E-state index in [1.165, 1.54) is 17.7 Å². The van der Waals surface area contributed by atoms with Gasteiger partial charge in [-0.15, -0.1) is 0 Å². The molecule has 0 saturated heterocycles. The van der Waals surface area contributed by atoms with Gasteiger partial charge in [0.1, 0.15) is 0 Å². The van der Waals surface area contributed by atoms with Crippen molar-refractivity contribution in [2.75, 3.05) is 6.61 Å². The topological polar surface area (TPSA) is 93.5 Å². The zero-order valence-corrected chi connectivity index (χ0v) is 19.5. The zero-order chi connectivity index (χ0) is 25.8. The van der Waals surface area contributed by atoms with Gasteiger partial charge in [0.15, 0.2) is 12.4 Å². The van der Waals surface area contributed by atoms with Gasteiger partial charge in [0.2, 0.25) is 5.69 Å². The normalized spacial score (nSPS) is 12.4. The summed E-state index contributed by atoms with van der Waals surface area (Å²) in [5.41, 5.74) is 0.0853. The maximum atomic E-state index is 13.3. The number of alkyl halides is 3. The van der Waals surface area contributed by atoms with E-state index in [4.69, 9.17) is 4.74 Å². The van der Waals surface area contributed by atoms with Crippen molar-refractivity contribution in [2.24, 2.45) is 5.92 Å². The molecular formula is C25H26F3N3O4. The summed E-state index contributed by atoms with van der Waals surface area (Å²) in [5.74, 6) is -1.88. The quantitative estimate of drug-likeness (QED) is 0.442. The molecule has 0 aliphatic carbocycles. The summed E-state index contributed by atoms with van der Waals surface area (Å²) in [7, 11) is 0. The molecule has 186 valence electrons. The smallest absolute Gasteiger partial charge is 0.418 e. The van der Waals surface area contributed by atoms with E-state index in [0.29, 0.717) is 5.92 Å². The summed E-state index contributed by atoms with van der Waals surface area (Å²) < 4.78 is 45.4. The second-order valence-electron chi connectivity index (χ2n) is 8.53. The molecule has 0 aliphatic rings. The van der Waals surface area contributed by atoms with Crippen molar-refractivity contribution in [1.82, 2.24) is 15.1 Å². The lowest BCUT2D eigenvalue weighted by Gasteiger charge is -2.15. The summed E-state index contributed by atoms with van der Waals surface area (Å²) in [6, 6.07) is 12.1. The van der Waals surface area contributed by atoms with Gasteiger partial charge in [0, 0.05) is 0 Å². The van der Waals surface area contributed by atoms with E-state index in [9.17, 15) is 27.9 Å². The monoisotopic (exact) mass is 489 g/mol. The van der Waals surface area contributed by atoms with E-state index in [0.717, 1.165) is 35.0 Å². The average Bonchev–Trinajstić information content (AvgIpc) is 3.18. The number of ether oxygens (including phenoxy) is 1. The van der Waals surface area contributed by atoms with Gasteiger partial charge >= 0.3 is 12.1 Å². The summed E-state index contributed by atoms with van der Waals surface area (Å²) in [6.07, 6.45) is -2.85. The number of esters is 1. The van der Waals surface area contributed by atoms with Crippen molar-refractivity contribution in [1.29, 1.82) is 0 Å². The number of rotatable bonds is 8. The predicted octanol–water partition coefficient (Wildman–Crippen LogP) is 4.83. The first-order valence-electron chi connectivity index (χ1n) is 11.0. The fraction of sp³-hybridized carbons (Fsp3) is 0.320. The molecule has 1 heterocycles. The van der Waals surface area contributed by atoms with Crippen molar-refractivity contribution in [3.8, 4) is 11.4 Å². The number of nitrogens with zero attached hydrogens (tertiary/aromatic N) is 2. The molecule has 10 heteroatoms. The van der Waals surface area contributed by atoms with E-state index in [2.05, 4.69) is 24.3 Å². The number of aromatic hydroxyl groups is 1.